The Labute approximate surface area is 347 Å². The monoisotopic (exact) mass is 813 g/mol. The highest BCUT2D eigenvalue weighted by Crippen LogP contribution is 2.36. The molecule has 2 saturated heterocycles. The molecule has 2 aliphatic rings. The van der Waals surface area contributed by atoms with Gasteiger partial charge in [-0.1, -0.05) is 52.0 Å². The molecule has 1 unspecified atom stereocenters. The topological polar surface area (TPSA) is 188 Å². The third-order valence-electron chi connectivity index (χ3n) is 11.8. The van der Waals surface area contributed by atoms with Crippen molar-refractivity contribution in [2.24, 2.45) is 11.8 Å². The van der Waals surface area contributed by atoms with Crippen LogP contribution >= 0.6 is 0 Å². The summed E-state index contributed by atoms with van der Waals surface area (Å²) < 4.78 is 9.56. The normalized spacial score (nSPS) is 17.8. The van der Waals surface area contributed by atoms with Crippen LogP contribution in [-0.2, 0) is 19.1 Å². The van der Waals surface area contributed by atoms with Crippen molar-refractivity contribution >= 4 is 57.0 Å². The van der Waals surface area contributed by atoms with Gasteiger partial charge in [0.2, 0.25) is 11.8 Å². The summed E-state index contributed by atoms with van der Waals surface area (Å²) in [5, 5.41) is 6.41. The minimum atomic E-state index is -0.700. The van der Waals surface area contributed by atoms with Gasteiger partial charge < -0.3 is 39.9 Å². The minimum Gasteiger partial charge on any atom is -0.453 e. The fourth-order valence-corrected chi connectivity index (χ4v) is 8.56. The molecule has 0 spiro atoms. The molecular weight excluding hydrogens is 763 g/mol. The number of hydrogen-bond acceptors (Lipinski definition) is 9. The molecule has 4 atom stereocenters. The Kier molecular flexibility index (Phi) is 11.2. The van der Waals surface area contributed by atoms with Crippen LogP contribution in [0.2, 0.25) is 0 Å². The third kappa shape index (κ3) is 7.83. The van der Waals surface area contributed by atoms with E-state index >= 15 is 0 Å². The number of aromatic nitrogens is 5. The number of aromatic amines is 2. The average Bonchev–Trinajstić information content (AvgIpc) is 4.08. The van der Waals surface area contributed by atoms with E-state index in [0.29, 0.717) is 13.1 Å². The van der Waals surface area contributed by atoms with Gasteiger partial charge in [0.15, 0.2) is 0 Å². The summed E-state index contributed by atoms with van der Waals surface area (Å²) >= 11 is 0. The summed E-state index contributed by atoms with van der Waals surface area (Å²) in [6.45, 7) is 8.78. The van der Waals surface area contributed by atoms with Crippen LogP contribution in [0.4, 0.5) is 9.59 Å². The fraction of sp³-hybridized carbons (Fsp3) is 0.400. The highest BCUT2D eigenvalue weighted by Gasteiger charge is 2.39. The molecule has 15 heteroatoms. The van der Waals surface area contributed by atoms with Gasteiger partial charge in [-0.25, -0.2) is 24.5 Å². The molecule has 0 aliphatic carbocycles. The van der Waals surface area contributed by atoms with E-state index in [0.717, 1.165) is 92.7 Å². The van der Waals surface area contributed by atoms with E-state index in [9.17, 15) is 19.2 Å². The number of likely N-dealkylation sites (tertiary alicyclic amines) is 2. The van der Waals surface area contributed by atoms with E-state index in [1.807, 2.05) is 73.9 Å². The van der Waals surface area contributed by atoms with Crippen molar-refractivity contribution in [1.29, 1.82) is 0 Å². The number of pyridine rings is 1. The first-order valence-corrected chi connectivity index (χ1v) is 20.6. The molecule has 60 heavy (non-hydrogen) atoms. The minimum absolute atomic E-state index is 0.113. The van der Waals surface area contributed by atoms with E-state index < -0.39 is 24.3 Å². The van der Waals surface area contributed by atoms with Gasteiger partial charge in [-0.05, 0) is 91.1 Å². The van der Waals surface area contributed by atoms with Crippen molar-refractivity contribution in [3.63, 3.8) is 0 Å². The standard InChI is InChI=1S/C45H51N9O6/c1-24(2)38(51-44(57)59-5)42(55)53-19-7-9-36(53)40-47-32-17-12-27(22-34(32)49-40)26-11-15-30-28(21-26)13-16-31(46-30)29-14-18-33-35(23-29)50-41(48-33)37-10-8-20-54(37)43(56)39(25(3)4)52-45(58)60-6/h11-18,21-25,36-39H,7-10,19-20H2,1-6H3,(H,47,49)(H,48,50)(H,51,57)(H,52,58)/t36-,37-,38-,39?/m0/s1. The zero-order valence-electron chi connectivity index (χ0n) is 34.7. The summed E-state index contributed by atoms with van der Waals surface area (Å²) in [5.74, 6) is 0.935. The fourth-order valence-electron chi connectivity index (χ4n) is 8.56. The van der Waals surface area contributed by atoms with Gasteiger partial charge in [-0.2, -0.15) is 0 Å². The number of carbonyl (C=O) groups excluding carboxylic acids is 4. The van der Waals surface area contributed by atoms with E-state index in [4.69, 9.17) is 24.4 Å². The van der Waals surface area contributed by atoms with E-state index in [1.165, 1.54) is 14.2 Å². The summed E-state index contributed by atoms with van der Waals surface area (Å²) in [6.07, 6.45) is 1.97. The predicted molar refractivity (Wildman–Crippen MR) is 228 cm³/mol. The van der Waals surface area contributed by atoms with Crippen molar-refractivity contribution in [2.75, 3.05) is 27.3 Å². The number of nitrogens with zero attached hydrogens (tertiary/aromatic N) is 5. The molecule has 8 rings (SSSR count). The average molecular weight is 814 g/mol. The van der Waals surface area contributed by atoms with Crippen LogP contribution in [0, 0.1) is 11.8 Å². The molecule has 3 aromatic carbocycles. The predicted octanol–water partition coefficient (Wildman–Crippen LogP) is 7.41. The van der Waals surface area contributed by atoms with Gasteiger partial charge >= 0.3 is 12.2 Å². The maximum atomic E-state index is 13.7. The number of alkyl carbamates (subject to hydrolysis) is 2. The Balaban J connectivity index is 0.993. The number of amides is 4. The zero-order valence-corrected chi connectivity index (χ0v) is 34.7. The first-order chi connectivity index (χ1) is 28.9. The van der Waals surface area contributed by atoms with Gasteiger partial charge in [0, 0.05) is 24.0 Å². The molecule has 0 saturated carbocycles. The number of ether oxygens (including phenoxy) is 2. The summed E-state index contributed by atoms with van der Waals surface area (Å²) in [7, 11) is 2.58. The van der Waals surface area contributed by atoms with Gasteiger partial charge in [0.25, 0.3) is 0 Å². The second kappa shape index (κ2) is 16.6. The number of carbonyl (C=O) groups is 4. The van der Waals surface area contributed by atoms with Gasteiger partial charge in [-0.15, -0.1) is 0 Å². The number of fused-ring (bicyclic) bond motifs is 3. The lowest BCUT2D eigenvalue weighted by atomic mass is 10.0. The number of methoxy groups -OCH3 is 2. The van der Waals surface area contributed by atoms with Gasteiger partial charge in [0.1, 0.15) is 23.7 Å². The molecule has 3 aromatic heterocycles. The van der Waals surface area contributed by atoms with E-state index in [2.05, 4.69) is 50.9 Å². The van der Waals surface area contributed by atoms with Crippen molar-refractivity contribution in [3.8, 4) is 22.4 Å². The molecular formula is C45H51N9O6. The smallest absolute Gasteiger partial charge is 0.407 e. The largest absolute Gasteiger partial charge is 0.453 e. The molecule has 2 aliphatic heterocycles. The molecule has 15 nitrogen and oxygen atoms in total. The Morgan fingerprint density at radius 1 is 0.617 bits per heavy atom. The van der Waals surface area contributed by atoms with Crippen LogP contribution in [0.5, 0.6) is 0 Å². The van der Waals surface area contributed by atoms with Crippen LogP contribution in [-0.4, -0.2) is 98.1 Å². The Morgan fingerprint density at radius 3 is 1.58 bits per heavy atom. The first-order valence-electron chi connectivity index (χ1n) is 20.6. The van der Waals surface area contributed by atoms with E-state index in [1.54, 1.807) is 0 Å². The number of hydrogen-bond donors (Lipinski definition) is 4. The van der Waals surface area contributed by atoms with Gasteiger partial charge in [-0.3, -0.25) is 9.59 Å². The second-order valence-electron chi connectivity index (χ2n) is 16.4. The molecule has 5 heterocycles. The highest BCUT2D eigenvalue weighted by atomic mass is 16.5. The van der Waals surface area contributed by atoms with Crippen LogP contribution in [0.15, 0.2) is 66.7 Å². The van der Waals surface area contributed by atoms with Crippen molar-refractivity contribution in [2.45, 2.75) is 77.5 Å². The maximum Gasteiger partial charge on any atom is 0.407 e. The quantitative estimate of drug-likeness (QED) is 0.109. The number of nitrogens with one attached hydrogen (secondary N) is 4. The molecule has 0 radical (unpaired) electrons. The first kappa shape index (κ1) is 40.3. The second-order valence-corrected chi connectivity index (χ2v) is 16.4. The lowest BCUT2D eigenvalue weighted by molar-refractivity contribution is -0.136. The lowest BCUT2D eigenvalue weighted by Gasteiger charge is -2.29. The van der Waals surface area contributed by atoms with Crippen molar-refractivity contribution < 1.29 is 28.7 Å². The zero-order chi connectivity index (χ0) is 42.2. The molecule has 2 fully saturated rings. The highest BCUT2D eigenvalue weighted by molar-refractivity contribution is 5.91. The SMILES string of the molecule is COC(=O)NC(C(=O)N1CCC[C@H]1c1nc2ccc(-c3ccc4cc(-c5ccc6nc([C@@H]7CCCN7C(=O)[C@@H](NC(=O)OC)C(C)C)[nH]c6c5)ccc4n3)cc2[nH]1)C(C)C. The molecule has 4 amide bonds. The Hall–Kier alpha value is -6.51. The number of benzene rings is 3. The van der Waals surface area contributed by atoms with Crippen LogP contribution < -0.4 is 10.6 Å². The van der Waals surface area contributed by atoms with Gasteiger partial charge in [0.05, 0.1) is 59.6 Å². The molecule has 6 aromatic rings. The van der Waals surface area contributed by atoms with Crippen molar-refractivity contribution in [3.05, 3.63) is 78.4 Å². The number of rotatable bonds is 10. The van der Waals surface area contributed by atoms with Crippen LogP contribution in [0.25, 0.3) is 55.4 Å². The Morgan fingerprint density at radius 2 is 1.08 bits per heavy atom. The number of H-pyrrole nitrogens is 2. The third-order valence-corrected chi connectivity index (χ3v) is 11.8. The summed E-state index contributed by atoms with van der Waals surface area (Å²) in [6, 6.07) is 20.6. The molecule has 4 N–H and O–H groups in total. The molecule has 0 bridgehead atoms. The van der Waals surface area contributed by atoms with Crippen LogP contribution in [0.3, 0.4) is 0 Å². The van der Waals surface area contributed by atoms with Crippen LogP contribution in [0.1, 0.15) is 77.1 Å². The molecule has 312 valence electrons. The summed E-state index contributed by atoms with van der Waals surface area (Å²) in [4.78, 5) is 76.7. The Bertz CT molecular complexity index is 2420. The lowest BCUT2D eigenvalue weighted by Crippen LogP contribution is -2.51. The maximum absolute atomic E-state index is 13.7. The van der Waals surface area contributed by atoms with E-state index in [-0.39, 0.29) is 35.7 Å². The van der Waals surface area contributed by atoms with Crippen molar-refractivity contribution in [1.82, 2.24) is 45.4 Å². The number of imidazole rings is 2. The summed E-state index contributed by atoms with van der Waals surface area (Å²) in [5.41, 5.74) is 8.03.